The summed E-state index contributed by atoms with van der Waals surface area (Å²) in [7, 11) is 1.29. The maximum absolute atomic E-state index is 12.1. The van der Waals surface area contributed by atoms with E-state index in [2.05, 4.69) is 10.1 Å². The number of rotatable bonds is 3. The summed E-state index contributed by atoms with van der Waals surface area (Å²) in [6.07, 6.45) is 3.23. The second kappa shape index (κ2) is 5.48. The molecular formula is C13H9Cl3N2O3. The number of nitrogens with zero attached hydrogens (tertiary/aromatic N) is 2. The smallest absolute Gasteiger partial charge is 0.343 e. The van der Waals surface area contributed by atoms with Crippen LogP contribution in [0.5, 0.6) is 0 Å². The third-order valence-corrected chi connectivity index (χ3v) is 4.26. The highest BCUT2D eigenvalue weighted by molar-refractivity contribution is 6.45. The second-order valence-electron chi connectivity index (χ2n) is 4.62. The number of hydrogen-bond donors (Lipinski definition) is 0. The van der Waals surface area contributed by atoms with Gasteiger partial charge in [0, 0.05) is 17.7 Å². The SMILES string of the molecule is COC(=O)c1c(-c2c(Cl)cnc(Cl)c2Cl)noc1C1CC1. The standard InChI is InChI=1S/C13H9Cl3N2O3/c1-20-13(19)8-10(18-21-11(8)5-2-3-5)7-6(14)4-17-12(16)9(7)15/h4-5H,2-3H2,1H3. The zero-order valence-electron chi connectivity index (χ0n) is 10.8. The molecule has 0 N–H and O–H groups in total. The van der Waals surface area contributed by atoms with Crippen molar-refractivity contribution in [3.8, 4) is 11.3 Å². The molecule has 2 aromatic rings. The Morgan fingerprint density at radius 3 is 2.71 bits per heavy atom. The summed E-state index contributed by atoms with van der Waals surface area (Å²) in [6.45, 7) is 0. The van der Waals surface area contributed by atoms with E-state index in [9.17, 15) is 4.79 Å². The molecule has 1 aliphatic carbocycles. The lowest BCUT2D eigenvalue weighted by Crippen LogP contribution is -2.05. The number of hydrogen-bond acceptors (Lipinski definition) is 5. The van der Waals surface area contributed by atoms with E-state index in [4.69, 9.17) is 44.1 Å². The second-order valence-corrected chi connectivity index (χ2v) is 5.77. The minimum atomic E-state index is -0.548. The number of pyridine rings is 1. The maximum Gasteiger partial charge on any atom is 0.343 e. The lowest BCUT2D eigenvalue weighted by Gasteiger charge is -2.06. The predicted octanol–water partition coefficient (Wildman–Crippen LogP) is 4.36. The van der Waals surface area contributed by atoms with Crippen molar-refractivity contribution in [2.24, 2.45) is 0 Å². The summed E-state index contributed by atoms with van der Waals surface area (Å²) in [6, 6.07) is 0. The Morgan fingerprint density at radius 1 is 1.38 bits per heavy atom. The van der Waals surface area contributed by atoms with Gasteiger partial charge in [-0.3, -0.25) is 0 Å². The van der Waals surface area contributed by atoms with Crippen LogP contribution in [0.4, 0.5) is 0 Å². The molecule has 5 nitrogen and oxygen atoms in total. The van der Waals surface area contributed by atoms with Gasteiger partial charge in [-0.15, -0.1) is 0 Å². The minimum absolute atomic E-state index is 0.0721. The van der Waals surface area contributed by atoms with Gasteiger partial charge in [0.05, 0.1) is 17.2 Å². The minimum Gasteiger partial charge on any atom is -0.465 e. The van der Waals surface area contributed by atoms with Crippen LogP contribution in [0.3, 0.4) is 0 Å². The van der Waals surface area contributed by atoms with Gasteiger partial charge >= 0.3 is 5.97 Å². The molecule has 2 aromatic heterocycles. The van der Waals surface area contributed by atoms with E-state index in [1.165, 1.54) is 13.3 Å². The van der Waals surface area contributed by atoms with Gasteiger partial charge in [0.1, 0.15) is 16.4 Å². The summed E-state index contributed by atoms with van der Waals surface area (Å²) >= 11 is 18.2. The summed E-state index contributed by atoms with van der Waals surface area (Å²) < 4.78 is 10.1. The van der Waals surface area contributed by atoms with Crippen molar-refractivity contribution < 1.29 is 14.1 Å². The largest absolute Gasteiger partial charge is 0.465 e. The Labute approximate surface area is 135 Å². The van der Waals surface area contributed by atoms with Crippen LogP contribution in [0.2, 0.25) is 15.2 Å². The molecule has 1 aliphatic rings. The molecule has 0 unspecified atom stereocenters. The number of esters is 1. The van der Waals surface area contributed by atoms with Gasteiger partial charge in [0.2, 0.25) is 0 Å². The molecule has 0 aromatic carbocycles. The van der Waals surface area contributed by atoms with Crippen LogP contribution in [-0.4, -0.2) is 23.2 Å². The summed E-state index contributed by atoms with van der Waals surface area (Å²) in [5.41, 5.74) is 0.781. The molecule has 0 amide bonds. The number of carbonyl (C=O) groups is 1. The zero-order valence-corrected chi connectivity index (χ0v) is 13.1. The fraction of sp³-hybridized carbons (Fsp3) is 0.308. The van der Waals surface area contributed by atoms with E-state index in [1.54, 1.807) is 0 Å². The fourth-order valence-electron chi connectivity index (χ4n) is 2.06. The van der Waals surface area contributed by atoms with Gasteiger partial charge in [0.25, 0.3) is 0 Å². The van der Waals surface area contributed by atoms with Crippen LogP contribution in [0.15, 0.2) is 10.7 Å². The number of ether oxygens (including phenoxy) is 1. The lowest BCUT2D eigenvalue weighted by atomic mass is 10.1. The van der Waals surface area contributed by atoms with E-state index in [1.807, 2.05) is 0 Å². The molecule has 0 radical (unpaired) electrons. The quantitative estimate of drug-likeness (QED) is 0.609. The van der Waals surface area contributed by atoms with Crippen molar-refractivity contribution in [3.63, 3.8) is 0 Å². The van der Waals surface area contributed by atoms with E-state index in [0.717, 1.165) is 12.8 Å². The summed E-state index contributed by atoms with van der Waals surface area (Å²) in [5.74, 6) is 0.125. The van der Waals surface area contributed by atoms with Crippen molar-refractivity contribution >= 4 is 40.8 Å². The number of aromatic nitrogens is 2. The lowest BCUT2D eigenvalue weighted by molar-refractivity contribution is 0.0599. The molecule has 110 valence electrons. The molecule has 8 heteroatoms. The Kier molecular flexibility index (Phi) is 3.82. The van der Waals surface area contributed by atoms with Crippen molar-refractivity contribution in [1.29, 1.82) is 0 Å². The molecule has 0 atom stereocenters. The Bertz CT molecular complexity index is 726. The average Bonchev–Trinajstić information content (AvgIpc) is 3.23. The normalized spacial score (nSPS) is 14.3. The first kappa shape index (κ1) is 14.6. The first-order chi connectivity index (χ1) is 10.0. The van der Waals surface area contributed by atoms with Crippen LogP contribution in [0.1, 0.15) is 34.9 Å². The fourth-order valence-corrected chi connectivity index (χ4v) is 2.72. The van der Waals surface area contributed by atoms with Crippen LogP contribution in [-0.2, 0) is 4.74 Å². The zero-order chi connectivity index (χ0) is 15.1. The van der Waals surface area contributed by atoms with Crippen molar-refractivity contribution in [1.82, 2.24) is 10.1 Å². The van der Waals surface area contributed by atoms with Gasteiger partial charge in [0.15, 0.2) is 5.76 Å². The monoisotopic (exact) mass is 346 g/mol. The first-order valence-electron chi connectivity index (χ1n) is 6.12. The number of halogens is 3. The van der Waals surface area contributed by atoms with Gasteiger partial charge in [-0.1, -0.05) is 40.0 Å². The maximum atomic E-state index is 12.1. The molecule has 1 fully saturated rings. The van der Waals surface area contributed by atoms with E-state index in [0.29, 0.717) is 11.3 Å². The van der Waals surface area contributed by atoms with Gasteiger partial charge in [-0.05, 0) is 12.8 Å². The van der Waals surface area contributed by atoms with Gasteiger partial charge < -0.3 is 9.26 Å². The molecule has 0 spiro atoms. The molecule has 21 heavy (non-hydrogen) atoms. The predicted molar refractivity (Wildman–Crippen MR) is 78.1 cm³/mol. The van der Waals surface area contributed by atoms with Crippen LogP contribution in [0.25, 0.3) is 11.3 Å². The Balaban J connectivity index is 2.24. The van der Waals surface area contributed by atoms with Crippen LogP contribution >= 0.6 is 34.8 Å². The van der Waals surface area contributed by atoms with Gasteiger partial charge in [-0.25, -0.2) is 9.78 Å². The Hall–Kier alpha value is -1.30. The Morgan fingerprint density at radius 2 is 2.10 bits per heavy atom. The third-order valence-electron chi connectivity index (χ3n) is 3.22. The summed E-state index contributed by atoms with van der Waals surface area (Å²) in [5, 5.41) is 4.36. The molecular weight excluding hydrogens is 339 g/mol. The molecule has 1 saturated carbocycles. The van der Waals surface area contributed by atoms with Gasteiger partial charge in [-0.2, -0.15) is 0 Å². The van der Waals surface area contributed by atoms with Crippen molar-refractivity contribution in [3.05, 3.63) is 32.7 Å². The average molecular weight is 348 g/mol. The van der Waals surface area contributed by atoms with Crippen LogP contribution in [0, 0.1) is 0 Å². The highest BCUT2D eigenvalue weighted by atomic mass is 35.5. The molecule has 3 rings (SSSR count). The van der Waals surface area contributed by atoms with Crippen molar-refractivity contribution in [2.45, 2.75) is 18.8 Å². The van der Waals surface area contributed by atoms with E-state index in [-0.39, 0.29) is 32.4 Å². The van der Waals surface area contributed by atoms with E-state index < -0.39 is 5.97 Å². The topological polar surface area (TPSA) is 65.2 Å². The third kappa shape index (κ3) is 2.50. The molecule has 0 aliphatic heterocycles. The highest BCUT2D eigenvalue weighted by Crippen LogP contribution is 2.46. The number of methoxy groups -OCH3 is 1. The molecule has 0 bridgehead atoms. The molecule has 0 saturated heterocycles. The highest BCUT2D eigenvalue weighted by Gasteiger charge is 2.37. The first-order valence-corrected chi connectivity index (χ1v) is 7.25. The summed E-state index contributed by atoms with van der Waals surface area (Å²) in [4.78, 5) is 15.9. The van der Waals surface area contributed by atoms with Crippen molar-refractivity contribution in [2.75, 3.05) is 7.11 Å². The number of carbonyl (C=O) groups excluding carboxylic acids is 1. The van der Waals surface area contributed by atoms with Crippen LogP contribution < -0.4 is 0 Å². The van der Waals surface area contributed by atoms with E-state index >= 15 is 0 Å². The molecule has 2 heterocycles.